The third kappa shape index (κ3) is 3.87. The van der Waals surface area contributed by atoms with Gasteiger partial charge < -0.3 is 14.5 Å². The molecule has 1 N–H and O–H groups in total. The van der Waals surface area contributed by atoms with E-state index in [0.29, 0.717) is 0 Å². The number of benzene rings is 1. The Morgan fingerprint density at radius 1 is 1.20 bits per heavy atom. The Bertz CT molecular complexity index is 505. The van der Waals surface area contributed by atoms with Gasteiger partial charge in [-0.25, -0.2) is 0 Å². The maximum Gasteiger partial charge on any atom is 0.125 e. The molecule has 1 aromatic carbocycles. The van der Waals surface area contributed by atoms with Crippen LogP contribution in [0.25, 0.3) is 0 Å². The standard InChI is InChI=1S/C17H23NO2/c1-4-10-18-17(16-9-6-11-19-16)14-7-5-8-15(12-14)20-13(2)3/h5-9,11-13,17-18H,4,10H2,1-3H3. The molecule has 2 aromatic rings. The molecule has 1 atom stereocenters. The Balaban J connectivity index is 2.24. The molecule has 1 unspecified atom stereocenters. The number of rotatable bonds is 7. The largest absolute Gasteiger partial charge is 0.491 e. The van der Waals surface area contributed by atoms with E-state index >= 15 is 0 Å². The van der Waals surface area contributed by atoms with Gasteiger partial charge in [0.1, 0.15) is 11.5 Å². The minimum absolute atomic E-state index is 0.0701. The van der Waals surface area contributed by atoms with Gasteiger partial charge in [-0.2, -0.15) is 0 Å². The fourth-order valence-corrected chi connectivity index (χ4v) is 2.17. The second kappa shape index (κ2) is 7.15. The zero-order valence-electron chi connectivity index (χ0n) is 12.4. The molecule has 0 bridgehead atoms. The lowest BCUT2D eigenvalue weighted by molar-refractivity contribution is 0.242. The fourth-order valence-electron chi connectivity index (χ4n) is 2.17. The predicted molar refractivity (Wildman–Crippen MR) is 81.1 cm³/mol. The minimum atomic E-state index is 0.0701. The second-order valence-electron chi connectivity index (χ2n) is 5.14. The van der Waals surface area contributed by atoms with E-state index in [0.717, 1.165) is 30.0 Å². The highest BCUT2D eigenvalue weighted by molar-refractivity contribution is 5.34. The van der Waals surface area contributed by atoms with Crippen molar-refractivity contribution in [1.29, 1.82) is 0 Å². The van der Waals surface area contributed by atoms with Crippen molar-refractivity contribution in [2.24, 2.45) is 0 Å². The molecular formula is C17H23NO2. The molecule has 3 heteroatoms. The first-order chi connectivity index (χ1) is 9.70. The van der Waals surface area contributed by atoms with Gasteiger partial charge in [-0.15, -0.1) is 0 Å². The first-order valence-corrected chi connectivity index (χ1v) is 7.24. The maximum absolute atomic E-state index is 5.77. The van der Waals surface area contributed by atoms with Crippen molar-refractivity contribution in [1.82, 2.24) is 5.32 Å². The zero-order chi connectivity index (χ0) is 14.4. The zero-order valence-corrected chi connectivity index (χ0v) is 12.4. The summed E-state index contributed by atoms with van der Waals surface area (Å²) in [5, 5.41) is 3.52. The monoisotopic (exact) mass is 273 g/mol. The molecule has 108 valence electrons. The second-order valence-corrected chi connectivity index (χ2v) is 5.14. The first-order valence-electron chi connectivity index (χ1n) is 7.24. The number of ether oxygens (including phenoxy) is 1. The van der Waals surface area contributed by atoms with Crippen molar-refractivity contribution in [3.63, 3.8) is 0 Å². The smallest absolute Gasteiger partial charge is 0.125 e. The van der Waals surface area contributed by atoms with Gasteiger partial charge in [0.2, 0.25) is 0 Å². The normalized spacial score (nSPS) is 12.6. The van der Waals surface area contributed by atoms with Crippen LogP contribution < -0.4 is 10.1 Å². The Morgan fingerprint density at radius 3 is 2.70 bits per heavy atom. The minimum Gasteiger partial charge on any atom is -0.491 e. The molecule has 0 aliphatic rings. The van der Waals surface area contributed by atoms with Gasteiger partial charge in [0, 0.05) is 0 Å². The summed E-state index contributed by atoms with van der Waals surface area (Å²) in [7, 11) is 0. The molecule has 0 aliphatic heterocycles. The van der Waals surface area contributed by atoms with Gasteiger partial charge in [-0.05, 0) is 56.6 Å². The Kier molecular flexibility index (Phi) is 5.24. The summed E-state index contributed by atoms with van der Waals surface area (Å²) in [6, 6.07) is 12.2. The van der Waals surface area contributed by atoms with Gasteiger partial charge in [0.15, 0.2) is 0 Å². The molecule has 20 heavy (non-hydrogen) atoms. The summed E-state index contributed by atoms with van der Waals surface area (Å²) in [6.07, 6.45) is 2.97. The molecule has 0 amide bonds. The van der Waals surface area contributed by atoms with Gasteiger partial charge in [0.05, 0.1) is 18.4 Å². The molecule has 0 saturated heterocycles. The average molecular weight is 273 g/mol. The van der Waals surface area contributed by atoms with Crippen LogP contribution in [-0.2, 0) is 0 Å². The number of hydrogen-bond acceptors (Lipinski definition) is 3. The van der Waals surface area contributed by atoms with E-state index in [9.17, 15) is 0 Å². The van der Waals surface area contributed by atoms with Gasteiger partial charge in [0.25, 0.3) is 0 Å². The molecule has 0 fully saturated rings. The van der Waals surface area contributed by atoms with Gasteiger partial charge in [-0.1, -0.05) is 19.1 Å². The SMILES string of the molecule is CCCNC(c1cccc(OC(C)C)c1)c1ccco1. The molecule has 3 nitrogen and oxygen atoms in total. The van der Waals surface area contributed by atoms with E-state index in [1.165, 1.54) is 0 Å². The molecule has 0 radical (unpaired) electrons. The van der Waals surface area contributed by atoms with E-state index in [2.05, 4.69) is 24.4 Å². The quantitative estimate of drug-likeness (QED) is 0.822. The highest BCUT2D eigenvalue weighted by atomic mass is 16.5. The molecule has 0 spiro atoms. The molecule has 2 rings (SSSR count). The lowest BCUT2D eigenvalue weighted by atomic mass is 10.0. The number of nitrogens with one attached hydrogen (secondary N) is 1. The Morgan fingerprint density at radius 2 is 2.05 bits per heavy atom. The fraction of sp³-hybridized carbons (Fsp3) is 0.412. The van der Waals surface area contributed by atoms with Crippen molar-refractivity contribution in [2.75, 3.05) is 6.54 Å². The third-order valence-electron chi connectivity index (χ3n) is 2.99. The summed E-state index contributed by atoms with van der Waals surface area (Å²) >= 11 is 0. The lowest BCUT2D eigenvalue weighted by Crippen LogP contribution is -2.22. The summed E-state index contributed by atoms with van der Waals surface area (Å²) in [6.45, 7) is 7.17. The molecule has 1 heterocycles. The summed E-state index contributed by atoms with van der Waals surface area (Å²) < 4.78 is 11.3. The van der Waals surface area contributed by atoms with Gasteiger partial charge in [-0.3, -0.25) is 0 Å². The van der Waals surface area contributed by atoms with E-state index < -0.39 is 0 Å². The van der Waals surface area contributed by atoms with E-state index in [1.54, 1.807) is 6.26 Å². The van der Waals surface area contributed by atoms with Crippen molar-refractivity contribution in [3.8, 4) is 5.75 Å². The van der Waals surface area contributed by atoms with Crippen LogP contribution in [0.4, 0.5) is 0 Å². The van der Waals surface area contributed by atoms with E-state index in [4.69, 9.17) is 9.15 Å². The Labute approximate surface area is 121 Å². The molecule has 1 aromatic heterocycles. The number of hydrogen-bond donors (Lipinski definition) is 1. The van der Waals surface area contributed by atoms with Crippen molar-refractivity contribution in [3.05, 3.63) is 54.0 Å². The van der Waals surface area contributed by atoms with Crippen molar-refractivity contribution >= 4 is 0 Å². The average Bonchev–Trinajstić information content (AvgIpc) is 2.93. The predicted octanol–water partition coefficient (Wildman–Crippen LogP) is 4.16. The molecule has 0 aliphatic carbocycles. The van der Waals surface area contributed by atoms with Crippen molar-refractivity contribution in [2.45, 2.75) is 39.3 Å². The third-order valence-corrected chi connectivity index (χ3v) is 2.99. The van der Waals surface area contributed by atoms with E-state index in [-0.39, 0.29) is 12.1 Å². The number of furan rings is 1. The molecular weight excluding hydrogens is 250 g/mol. The van der Waals surface area contributed by atoms with Crippen LogP contribution in [0.5, 0.6) is 5.75 Å². The Hall–Kier alpha value is -1.74. The lowest BCUT2D eigenvalue weighted by Gasteiger charge is -2.18. The summed E-state index contributed by atoms with van der Waals surface area (Å²) in [5.74, 6) is 1.83. The van der Waals surface area contributed by atoms with E-state index in [1.807, 2.05) is 38.1 Å². The van der Waals surface area contributed by atoms with Crippen LogP contribution in [0.3, 0.4) is 0 Å². The van der Waals surface area contributed by atoms with Crippen molar-refractivity contribution < 1.29 is 9.15 Å². The highest BCUT2D eigenvalue weighted by Crippen LogP contribution is 2.26. The van der Waals surface area contributed by atoms with Crippen LogP contribution in [0.1, 0.15) is 44.6 Å². The van der Waals surface area contributed by atoms with Gasteiger partial charge >= 0.3 is 0 Å². The van der Waals surface area contributed by atoms with Crippen LogP contribution in [0.2, 0.25) is 0 Å². The maximum atomic E-state index is 5.77. The van der Waals surface area contributed by atoms with Crippen LogP contribution in [0, 0.1) is 0 Å². The van der Waals surface area contributed by atoms with Crippen LogP contribution in [0.15, 0.2) is 47.1 Å². The van der Waals surface area contributed by atoms with Crippen LogP contribution >= 0.6 is 0 Å². The highest BCUT2D eigenvalue weighted by Gasteiger charge is 2.16. The molecule has 0 saturated carbocycles. The van der Waals surface area contributed by atoms with Crippen LogP contribution in [-0.4, -0.2) is 12.6 Å². The summed E-state index contributed by atoms with van der Waals surface area (Å²) in [5.41, 5.74) is 1.16. The topological polar surface area (TPSA) is 34.4 Å². The summed E-state index contributed by atoms with van der Waals surface area (Å²) in [4.78, 5) is 0. The first kappa shape index (κ1) is 14.7.